The van der Waals surface area contributed by atoms with Crippen LogP contribution in [0.4, 0.5) is 0 Å². The van der Waals surface area contributed by atoms with Gasteiger partial charge in [-0.15, -0.1) is 0 Å². The van der Waals surface area contributed by atoms with Crippen molar-refractivity contribution in [3.63, 3.8) is 0 Å². The average molecular weight is 201 g/mol. The molecule has 0 saturated heterocycles. The zero-order valence-corrected chi connectivity index (χ0v) is 10.0. The molecule has 0 aliphatic heterocycles. The second-order valence-corrected chi connectivity index (χ2v) is 5.12. The largest absolute Gasteiger partial charge is 0.480 e. The van der Waals surface area contributed by atoms with Crippen LogP contribution in [0.1, 0.15) is 41.0 Å². The lowest BCUT2D eigenvalue weighted by atomic mass is 9.95. The Bertz CT molecular complexity index is 184. The van der Waals surface area contributed by atoms with Crippen LogP contribution in [-0.4, -0.2) is 35.1 Å². The average Bonchev–Trinajstić information content (AvgIpc) is 1.98. The van der Waals surface area contributed by atoms with Crippen LogP contribution in [0.2, 0.25) is 0 Å². The highest BCUT2D eigenvalue weighted by Gasteiger charge is 2.21. The third kappa shape index (κ3) is 5.97. The maximum Gasteiger partial charge on any atom is 0.317 e. The molecule has 3 heteroatoms. The summed E-state index contributed by atoms with van der Waals surface area (Å²) in [5, 5.41) is 8.78. The molecule has 0 rings (SSSR count). The minimum Gasteiger partial charge on any atom is -0.480 e. The van der Waals surface area contributed by atoms with E-state index in [1.54, 1.807) is 0 Å². The van der Waals surface area contributed by atoms with Gasteiger partial charge >= 0.3 is 5.97 Å². The summed E-state index contributed by atoms with van der Waals surface area (Å²) in [4.78, 5) is 12.7. The number of rotatable bonds is 5. The summed E-state index contributed by atoms with van der Waals surface area (Å²) in [6.45, 7) is 11.5. The lowest BCUT2D eigenvalue weighted by Gasteiger charge is -2.32. The summed E-state index contributed by atoms with van der Waals surface area (Å²) in [5.74, 6) is -0.741. The normalized spacial score (nSPS) is 14.4. The summed E-state index contributed by atoms with van der Waals surface area (Å²) < 4.78 is 0. The number of nitrogens with zero attached hydrogens (tertiary/aromatic N) is 1. The first-order valence-electron chi connectivity index (χ1n) is 5.22. The molecule has 0 aromatic carbocycles. The van der Waals surface area contributed by atoms with Gasteiger partial charge in [-0.1, -0.05) is 27.7 Å². The van der Waals surface area contributed by atoms with Crippen LogP contribution in [0.15, 0.2) is 0 Å². The van der Waals surface area contributed by atoms with Crippen LogP contribution in [0.3, 0.4) is 0 Å². The molecule has 1 unspecified atom stereocenters. The van der Waals surface area contributed by atoms with E-state index >= 15 is 0 Å². The van der Waals surface area contributed by atoms with Crippen LogP contribution in [-0.2, 0) is 4.79 Å². The topological polar surface area (TPSA) is 40.5 Å². The van der Waals surface area contributed by atoms with E-state index in [0.29, 0.717) is 6.04 Å². The van der Waals surface area contributed by atoms with Gasteiger partial charge in [0.05, 0.1) is 6.54 Å². The number of carboxylic acids is 1. The predicted octanol–water partition coefficient (Wildman–Crippen LogP) is 2.22. The van der Waals surface area contributed by atoms with E-state index in [2.05, 4.69) is 34.6 Å². The fourth-order valence-electron chi connectivity index (χ4n) is 1.41. The first-order chi connectivity index (χ1) is 6.26. The maximum atomic E-state index is 10.7. The fraction of sp³-hybridized carbons (Fsp3) is 0.909. The molecule has 1 atom stereocenters. The van der Waals surface area contributed by atoms with Gasteiger partial charge in [0.25, 0.3) is 0 Å². The van der Waals surface area contributed by atoms with E-state index in [4.69, 9.17) is 5.11 Å². The Morgan fingerprint density at radius 3 is 2.21 bits per heavy atom. The highest BCUT2D eigenvalue weighted by atomic mass is 16.4. The van der Waals surface area contributed by atoms with Gasteiger partial charge in [0.15, 0.2) is 0 Å². The van der Waals surface area contributed by atoms with Gasteiger partial charge in [0.2, 0.25) is 0 Å². The number of aliphatic carboxylic acids is 1. The van der Waals surface area contributed by atoms with Crippen molar-refractivity contribution < 1.29 is 9.90 Å². The van der Waals surface area contributed by atoms with Crippen molar-refractivity contribution in [2.45, 2.75) is 47.1 Å². The van der Waals surface area contributed by atoms with Gasteiger partial charge in [-0.3, -0.25) is 9.69 Å². The van der Waals surface area contributed by atoms with E-state index in [0.717, 1.165) is 13.0 Å². The number of carboxylic acid groups (broad SMARTS) is 1. The van der Waals surface area contributed by atoms with Gasteiger partial charge in [-0.2, -0.15) is 0 Å². The molecule has 0 radical (unpaired) electrons. The van der Waals surface area contributed by atoms with Crippen LogP contribution >= 0.6 is 0 Å². The fourth-order valence-corrected chi connectivity index (χ4v) is 1.41. The molecule has 0 fully saturated rings. The third-order valence-corrected chi connectivity index (χ3v) is 2.23. The summed E-state index contributed by atoms with van der Waals surface area (Å²) in [6, 6.07) is 0.338. The van der Waals surface area contributed by atoms with Crippen molar-refractivity contribution >= 4 is 5.97 Å². The molecule has 0 amide bonds. The van der Waals surface area contributed by atoms with Crippen LogP contribution in [0, 0.1) is 5.41 Å². The molecule has 0 saturated carbocycles. The zero-order chi connectivity index (χ0) is 11.4. The first kappa shape index (κ1) is 13.4. The molecule has 0 aliphatic rings. The number of carbonyl (C=O) groups is 1. The van der Waals surface area contributed by atoms with Gasteiger partial charge in [0, 0.05) is 12.6 Å². The van der Waals surface area contributed by atoms with Crippen LogP contribution < -0.4 is 0 Å². The van der Waals surface area contributed by atoms with Gasteiger partial charge in [-0.05, 0) is 18.8 Å². The quantitative estimate of drug-likeness (QED) is 0.741. The molecule has 0 bridgehead atoms. The minimum absolute atomic E-state index is 0.145. The molecular weight excluding hydrogens is 178 g/mol. The van der Waals surface area contributed by atoms with Crippen LogP contribution in [0.5, 0.6) is 0 Å². The van der Waals surface area contributed by atoms with Gasteiger partial charge < -0.3 is 5.11 Å². The van der Waals surface area contributed by atoms with Crippen molar-refractivity contribution in [1.29, 1.82) is 0 Å². The van der Waals surface area contributed by atoms with Gasteiger partial charge in [-0.25, -0.2) is 0 Å². The zero-order valence-electron chi connectivity index (χ0n) is 10.0. The molecule has 0 spiro atoms. The van der Waals surface area contributed by atoms with Gasteiger partial charge in [0.1, 0.15) is 0 Å². The Balaban J connectivity index is 4.32. The Morgan fingerprint density at radius 2 is 1.93 bits per heavy atom. The Kier molecular flexibility index (Phi) is 5.13. The predicted molar refractivity (Wildman–Crippen MR) is 58.4 cm³/mol. The van der Waals surface area contributed by atoms with Crippen molar-refractivity contribution in [1.82, 2.24) is 4.90 Å². The lowest BCUT2D eigenvalue weighted by Crippen LogP contribution is -2.42. The Morgan fingerprint density at radius 1 is 1.43 bits per heavy atom. The smallest absolute Gasteiger partial charge is 0.317 e. The third-order valence-electron chi connectivity index (χ3n) is 2.23. The lowest BCUT2D eigenvalue weighted by molar-refractivity contribution is -0.139. The highest BCUT2D eigenvalue weighted by Crippen LogP contribution is 2.17. The molecule has 0 aliphatic carbocycles. The van der Waals surface area contributed by atoms with E-state index < -0.39 is 5.97 Å². The summed E-state index contributed by atoms with van der Waals surface area (Å²) in [6.07, 6.45) is 0.989. The molecule has 84 valence electrons. The Hall–Kier alpha value is -0.570. The van der Waals surface area contributed by atoms with Crippen molar-refractivity contribution in [2.24, 2.45) is 5.41 Å². The SMILES string of the molecule is CCC(C)N(CC(=O)O)CC(C)(C)C. The van der Waals surface area contributed by atoms with E-state index in [-0.39, 0.29) is 12.0 Å². The van der Waals surface area contributed by atoms with Crippen molar-refractivity contribution in [3.05, 3.63) is 0 Å². The molecule has 3 nitrogen and oxygen atoms in total. The number of hydrogen-bond acceptors (Lipinski definition) is 2. The van der Waals surface area contributed by atoms with Crippen LogP contribution in [0.25, 0.3) is 0 Å². The molecule has 14 heavy (non-hydrogen) atoms. The standard InChI is InChI=1S/C11H23NO2/c1-6-9(2)12(7-10(13)14)8-11(3,4)5/h9H,6-8H2,1-5H3,(H,13,14). The monoisotopic (exact) mass is 201 g/mol. The molecule has 0 aromatic heterocycles. The summed E-state index contributed by atoms with van der Waals surface area (Å²) >= 11 is 0. The molecule has 0 heterocycles. The summed E-state index contributed by atoms with van der Waals surface area (Å²) in [7, 11) is 0. The summed E-state index contributed by atoms with van der Waals surface area (Å²) in [5.41, 5.74) is 0.152. The second kappa shape index (κ2) is 5.35. The maximum absolute atomic E-state index is 10.7. The minimum atomic E-state index is -0.741. The molecule has 0 aromatic rings. The van der Waals surface area contributed by atoms with Crippen molar-refractivity contribution in [2.75, 3.05) is 13.1 Å². The van der Waals surface area contributed by atoms with E-state index in [1.807, 2.05) is 4.90 Å². The Labute approximate surface area is 87.1 Å². The highest BCUT2D eigenvalue weighted by molar-refractivity contribution is 5.69. The first-order valence-corrected chi connectivity index (χ1v) is 5.22. The number of hydrogen-bond donors (Lipinski definition) is 1. The van der Waals surface area contributed by atoms with E-state index in [1.165, 1.54) is 0 Å². The second-order valence-electron chi connectivity index (χ2n) is 5.12. The molecular formula is C11H23NO2. The van der Waals surface area contributed by atoms with Crippen molar-refractivity contribution in [3.8, 4) is 0 Å². The molecule has 1 N–H and O–H groups in total. The van der Waals surface area contributed by atoms with E-state index in [9.17, 15) is 4.79 Å².